The molecule has 0 radical (unpaired) electrons. The third-order valence-corrected chi connectivity index (χ3v) is 2.88. The fourth-order valence-corrected chi connectivity index (χ4v) is 1.86. The van der Waals surface area contributed by atoms with Crippen molar-refractivity contribution in [2.24, 2.45) is 5.73 Å². The van der Waals surface area contributed by atoms with Crippen molar-refractivity contribution >= 4 is 17.6 Å². The van der Waals surface area contributed by atoms with Gasteiger partial charge in [-0.3, -0.25) is 14.9 Å². The van der Waals surface area contributed by atoms with E-state index in [9.17, 15) is 34.9 Å². The number of primary amides is 1. The zero-order valence-electron chi connectivity index (χ0n) is 11.1. The minimum absolute atomic E-state index is 0.0850. The normalized spacial score (nSPS) is 12.9. The number of nitrogens with zero attached hydrogens (tertiary/aromatic N) is 3. The van der Waals surface area contributed by atoms with Gasteiger partial charge in [-0.25, -0.2) is 14.9 Å². The molecule has 0 heterocycles. The number of benzene rings is 1. The number of hydrazine groups is 1. The van der Waals surface area contributed by atoms with Crippen LogP contribution in [0.2, 0.25) is 0 Å². The van der Waals surface area contributed by atoms with E-state index in [1.165, 1.54) is 18.2 Å². The van der Waals surface area contributed by atoms with Crippen LogP contribution in [-0.4, -0.2) is 32.6 Å². The van der Waals surface area contributed by atoms with Gasteiger partial charge in [0.25, 0.3) is 0 Å². The van der Waals surface area contributed by atoms with Gasteiger partial charge < -0.3 is 10.8 Å². The SMILES string of the molecule is NC(=O)CC[C@@](C(=O)O)(N(c1ccccc1)[N+](=O)[O-])[N+](=O)[O-]. The monoisotopic (exact) mass is 312 g/mol. The summed E-state index contributed by atoms with van der Waals surface area (Å²) in [4.78, 5) is 43.6. The number of nitrogens with two attached hydrogens (primary N) is 1. The first kappa shape index (κ1) is 16.8. The first-order valence-electron chi connectivity index (χ1n) is 5.89. The molecule has 0 bridgehead atoms. The number of hydrogen-bond donors (Lipinski definition) is 2. The zero-order chi connectivity index (χ0) is 16.9. The minimum Gasteiger partial charge on any atom is -0.474 e. The summed E-state index contributed by atoms with van der Waals surface area (Å²) in [6.45, 7) is 0. The van der Waals surface area contributed by atoms with E-state index in [0.717, 1.165) is 12.1 Å². The first-order chi connectivity index (χ1) is 10.2. The van der Waals surface area contributed by atoms with E-state index in [4.69, 9.17) is 5.73 Å². The highest BCUT2D eigenvalue weighted by Crippen LogP contribution is 2.29. The Bertz CT molecular complexity index is 590. The molecule has 0 saturated heterocycles. The van der Waals surface area contributed by atoms with Crippen molar-refractivity contribution in [2.75, 3.05) is 5.01 Å². The van der Waals surface area contributed by atoms with Crippen molar-refractivity contribution in [1.82, 2.24) is 0 Å². The Hall–Kier alpha value is -3.24. The van der Waals surface area contributed by atoms with Crippen LogP contribution in [0.5, 0.6) is 0 Å². The fourth-order valence-electron chi connectivity index (χ4n) is 1.86. The lowest BCUT2D eigenvalue weighted by Gasteiger charge is -2.26. The second-order valence-corrected chi connectivity index (χ2v) is 4.23. The summed E-state index contributed by atoms with van der Waals surface area (Å²) in [5.74, 6) is -3.08. The van der Waals surface area contributed by atoms with Gasteiger partial charge in [0.1, 0.15) is 5.69 Å². The molecule has 3 N–H and O–H groups in total. The maximum absolute atomic E-state index is 11.5. The molecule has 1 amide bonds. The Morgan fingerprint density at radius 3 is 2.14 bits per heavy atom. The van der Waals surface area contributed by atoms with Crippen LogP contribution >= 0.6 is 0 Å². The maximum Gasteiger partial charge on any atom is 0.444 e. The molecule has 0 fully saturated rings. The summed E-state index contributed by atoms with van der Waals surface area (Å²) in [5.41, 5.74) is 1.41. The molecule has 0 aliphatic rings. The van der Waals surface area contributed by atoms with Crippen molar-refractivity contribution in [1.29, 1.82) is 0 Å². The average molecular weight is 312 g/mol. The summed E-state index contributed by atoms with van der Waals surface area (Å²) in [6, 6.07) is 6.50. The molecule has 22 heavy (non-hydrogen) atoms. The van der Waals surface area contributed by atoms with Crippen molar-refractivity contribution in [3.63, 3.8) is 0 Å². The number of anilines is 1. The smallest absolute Gasteiger partial charge is 0.444 e. The summed E-state index contributed by atoms with van der Waals surface area (Å²) in [7, 11) is 0. The molecule has 1 atom stereocenters. The van der Waals surface area contributed by atoms with Gasteiger partial charge >= 0.3 is 11.6 Å². The third kappa shape index (κ3) is 3.08. The van der Waals surface area contributed by atoms with Gasteiger partial charge in [-0.05, 0) is 17.1 Å². The van der Waals surface area contributed by atoms with Crippen LogP contribution in [0.15, 0.2) is 30.3 Å². The number of para-hydroxylation sites is 1. The lowest BCUT2D eigenvalue weighted by Crippen LogP contribution is -2.63. The summed E-state index contributed by atoms with van der Waals surface area (Å²) >= 11 is 0. The van der Waals surface area contributed by atoms with Crippen LogP contribution in [-0.2, 0) is 9.59 Å². The lowest BCUT2D eigenvalue weighted by atomic mass is 10.0. The third-order valence-electron chi connectivity index (χ3n) is 2.88. The molecule has 0 spiro atoms. The molecule has 118 valence electrons. The Balaban J connectivity index is 3.50. The van der Waals surface area contributed by atoms with E-state index in [0.29, 0.717) is 0 Å². The van der Waals surface area contributed by atoms with Crippen molar-refractivity contribution in [3.05, 3.63) is 50.6 Å². The molecule has 0 unspecified atom stereocenters. The van der Waals surface area contributed by atoms with Gasteiger partial charge in [0, 0.05) is 6.42 Å². The highest BCUT2D eigenvalue weighted by atomic mass is 16.7. The number of carboxylic acid groups (broad SMARTS) is 1. The van der Waals surface area contributed by atoms with Gasteiger partial charge in [-0.15, -0.1) is 0 Å². The molecular formula is C11H12N4O7. The van der Waals surface area contributed by atoms with E-state index in [1.807, 2.05) is 0 Å². The summed E-state index contributed by atoms with van der Waals surface area (Å²) in [6.07, 6.45) is -1.66. The Morgan fingerprint density at radius 2 is 1.77 bits per heavy atom. The van der Waals surface area contributed by atoms with Crippen LogP contribution < -0.4 is 10.7 Å². The van der Waals surface area contributed by atoms with Gasteiger partial charge in [0.15, 0.2) is 5.03 Å². The summed E-state index contributed by atoms with van der Waals surface area (Å²) in [5, 5.41) is 30.5. The van der Waals surface area contributed by atoms with Crippen LogP contribution in [0.25, 0.3) is 0 Å². The zero-order valence-corrected chi connectivity index (χ0v) is 11.1. The number of carbonyl (C=O) groups excluding carboxylic acids is 1. The molecule has 0 aromatic heterocycles. The van der Waals surface area contributed by atoms with Gasteiger partial charge in [0.2, 0.25) is 5.91 Å². The fraction of sp³-hybridized carbons (Fsp3) is 0.273. The quantitative estimate of drug-likeness (QED) is 0.384. The van der Waals surface area contributed by atoms with Gasteiger partial charge in [-0.1, -0.05) is 18.2 Å². The molecular weight excluding hydrogens is 300 g/mol. The van der Waals surface area contributed by atoms with E-state index >= 15 is 0 Å². The second-order valence-electron chi connectivity index (χ2n) is 4.23. The Labute approximate surface area is 123 Å². The van der Waals surface area contributed by atoms with E-state index in [2.05, 4.69) is 0 Å². The predicted molar refractivity (Wildman–Crippen MR) is 71.7 cm³/mol. The highest BCUT2D eigenvalue weighted by Gasteiger charge is 2.63. The topological polar surface area (TPSA) is 170 Å². The molecule has 0 saturated carbocycles. The van der Waals surface area contributed by atoms with Crippen LogP contribution in [0.3, 0.4) is 0 Å². The number of hydrogen-bond acceptors (Lipinski definition) is 6. The number of amides is 1. The molecule has 1 aromatic rings. The standard InChI is InChI=1S/C11H12N4O7/c12-9(16)6-7-11(10(17)18,14(19)20)13(15(21)22)8-4-2-1-3-5-8/h1-5H,6-7H2,(H2,12,16)(H,17,18)/t11-/m1/s1. The lowest BCUT2D eigenvalue weighted by molar-refractivity contribution is -0.625. The second kappa shape index (κ2) is 6.47. The number of carboxylic acids is 1. The van der Waals surface area contributed by atoms with Crippen LogP contribution in [0.1, 0.15) is 12.8 Å². The molecule has 1 rings (SSSR count). The largest absolute Gasteiger partial charge is 0.474 e. The Kier molecular flexibility index (Phi) is 4.95. The predicted octanol–water partition coefficient (Wildman–Crippen LogP) is 0.00780. The van der Waals surface area contributed by atoms with E-state index in [1.54, 1.807) is 0 Å². The molecule has 11 nitrogen and oxygen atoms in total. The average Bonchev–Trinajstić information content (AvgIpc) is 2.42. The van der Waals surface area contributed by atoms with Crippen molar-refractivity contribution in [3.8, 4) is 0 Å². The van der Waals surface area contributed by atoms with Gasteiger partial charge in [-0.2, -0.15) is 0 Å². The van der Waals surface area contributed by atoms with Crippen LogP contribution in [0.4, 0.5) is 5.69 Å². The number of carbonyl (C=O) groups is 2. The minimum atomic E-state index is -3.15. The summed E-state index contributed by atoms with van der Waals surface area (Å²) < 4.78 is 0. The number of nitro groups is 2. The molecule has 0 aliphatic carbocycles. The Morgan fingerprint density at radius 1 is 1.23 bits per heavy atom. The van der Waals surface area contributed by atoms with Crippen molar-refractivity contribution in [2.45, 2.75) is 18.5 Å². The molecule has 1 aromatic carbocycles. The van der Waals surface area contributed by atoms with Crippen LogP contribution in [0, 0.1) is 20.2 Å². The van der Waals surface area contributed by atoms with Gasteiger partial charge in [0.05, 0.1) is 11.3 Å². The van der Waals surface area contributed by atoms with E-state index in [-0.39, 0.29) is 10.7 Å². The molecule has 11 heteroatoms. The number of aliphatic carboxylic acids is 1. The first-order valence-corrected chi connectivity index (χ1v) is 5.89. The van der Waals surface area contributed by atoms with E-state index < -0.39 is 40.3 Å². The maximum atomic E-state index is 11.5. The highest BCUT2D eigenvalue weighted by molar-refractivity contribution is 5.82. The molecule has 0 aliphatic heterocycles. The number of rotatable bonds is 8. The van der Waals surface area contributed by atoms with Crippen molar-refractivity contribution < 1.29 is 24.7 Å².